The van der Waals surface area contributed by atoms with E-state index in [1.54, 1.807) is 11.0 Å². The predicted molar refractivity (Wildman–Crippen MR) is 67.7 cm³/mol. The van der Waals surface area contributed by atoms with Crippen molar-refractivity contribution in [1.82, 2.24) is 0 Å². The second-order valence-corrected chi connectivity index (χ2v) is 5.93. The monoisotopic (exact) mass is 256 g/mol. The first-order valence-corrected chi connectivity index (χ1v) is 7.35. The average Bonchev–Trinajstić information content (AvgIpc) is 2.23. The SMILES string of the molecule is CSC1=NS(=O)(=O)c2cc(C)ccc2N1C. The van der Waals surface area contributed by atoms with E-state index in [4.69, 9.17) is 0 Å². The Hall–Kier alpha value is -1.01. The lowest BCUT2D eigenvalue weighted by Gasteiger charge is -2.26. The summed E-state index contributed by atoms with van der Waals surface area (Å²) < 4.78 is 27.6. The maximum atomic E-state index is 11.9. The summed E-state index contributed by atoms with van der Waals surface area (Å²) in [5.74, 6) is 0. The van der Waals surface area contributed by atoms with Crippen LogP contribution in [0.25, 0.3) is 0 Å². The molecule has 0 atom stereocenters. The Balaban J connectivity index is 2.72. The summed E-state index contributed by atoms with van der Waals surface area (Å²) in [5, 5.41) is 0.497. The summed E-state index contributed by atoms with van der Waals surface area (Å²) in [7, 11) is -1.72. The largest absolute Gasteiger partial charge is 0.322 e. The topological polar surface area (TPSA) is 49.7 Å². The van der Waals surface area contributed by atoms with Crippen LogP contribution in [0.4, 0.5) is 5.69 Å². The van der Waals surface area contributed by atoms with Gasteiger partial charge < -0.3 is 4.90 Å². The van der Waals surface area contributed by atoms with E-state index in [2.05, 4.69) is 4.40 Å². The standard InChI is InChI=1S/C10H12N2O2S2/c1-7-4-5-8-9(6-7)16(13,14)11-10(15-3)12(8)2/h4-6H,1-3H3. The van der Waals surface area contributed by atoms with Crippen LogP contribution >= 0.6 is 11.8 Å². The molecule has 2 rings (SSSR count). The van der Waals surface area contributed by atoms with E-state index in [0.29, 0.717) is 10.9 Å². The Morgan fingerprint density at radius 3 is 2.69 bits per heavy atom. The molecule has 0 bridgehead atoms. The van der Waals surface area contributed by atoms with Crippen molar-refractivity contribution in [1.29, 1.82) is 0 Å². The van der Waals surface area contributed by atoms with Crippen LogP contribution in [0.15, 0.2) is 27.5 Å². The van der Waals surface area contributed by atoms with Crippen molar-refractivity contribution in [3.63, 3.8) is 0 Å². The summed E-state index contributed by atoms with van der Waals surface area (Å²) in [6, 6.07) is 5.36. The smallest absolute Gasteiger partial charge is 0.286 e. The van der Waals surface area contributed by atoms with Crippen LogP contribution < -0.4 is 4.90 Å². The highest BCUT2D eigenvalue weighted by molar-refractivity contribution is 8.14. The van der Waals surface area contributed by atoms with Gasteiger partial charge in [0.25, 0.3) is 10.0 Å². The summed E-state index contributed by atoms with van der Waals surface area (Å²) >= 11 is 1.32. The molecule has 0 amide bonds. The second kappa shape index (κ2) is 3.78. The van der Waals surface area contributed by atoms with Gasteiger partial charge in [-0.05, 0) is 30.9 Å². The lowest BCUT2D eigenvalue weighted by atomic mass is 10.2. The Morgan fingerprint density at radius 1 is 1.38 bits per heavy atom. The van der Waals surface area contributed by atoms with E-state index in [9.17, 15) is 8.42 Å². The number of thioether (sulfide) groups is 1. The van der Waals surface area contributed by atoms with Gasteiger partial charge >= 0.3 is 0 Å². The van der Waals surface area contributed by atoms with E-state index < -0.39 is 10.0 Å². The fourth-order valence-electron chi connectivity index (χ4n) is 1.60. The number of sulfonamides is 1. The van der Waals surface area contributed by atoms with Crippen molar-refractivity contribution in [2.24, 2.45) is 4.40 Å². The van der Waals surface area contributed by atoms with Gasteiger partial charge in [0.15, 0.2) is 5.17 Å². The Morgan fingerprint density at radius 2 is 2.06 bits per heavy atom. The van der Waals surface area contributed by atoms with Gasteiger partial charge in [0, 0.05) is 7.05 Å². The van der Waals surface area contributed by atoms with Crippen molar-refractivity contribution in [3.8, 4) is 0 Å². The van der Waals surface area contributed by atoms with Crippen molar-refractivity contribution in [2.75, 3.05) is 18.2 Å². The summed E-state index contributed by atoms with van der Waals surface area (Å²) in [4.78, 5) is 2.08. The highest BCUT2D eigenvalue weighted by atomic mass is 32.2. The van der Waals surface area contributed by atoms with Gasteiger partial charge in [-0.25, -0.2) is 0 Å². The van der Waals surface area contributed by atoms with E-state index in [0.717, 1.165) is 5.56 Å². The molecule has 1 aliphatic rings. The molecule has 0 aromatic heterocycles. The second-order valence-electron chi connectivity index (χ2n) is 3.58. The number of aryl methyl sites for hydroxylation is 1. The minimum atomic E-state index is -3.53. The van der Waals surface area contributed by atoms with Gasteiger partial charge in [0.2, 0.25) is 0 Å². The summed E-state index contributed by atoms with van der Waals surface area (Å²) in [6.07, 6.45) is 1.81. The van der Waals surface area contributed by atoms with Gasteiger partial charge in [0.05, 0.1) is 5.69 Å². The first-order chi connectivity index (χ1) is 7.45. The first kappa shape index (κ1) is 11.5. The number of hydrogen-bond acceptors (Lipinski definition) is 4. The minimum absolute atomic E-state index is 0.285. The summed E-state index contributed by atoms with van der Waals surface area (Å²) in [6.45, 7) is 1.86. The van der Waals surface area contributed by atoms with E-state index >= 15 is 0 Å². The Bertz CT molecular complexity index is 564. The zero-order chi connectivity index (χ0) is 11.9. The molecule has 0 fully saturated rings. The highest BCUT2D eigenvalue weighted by Crippen LogP contribution is 2.33. The van der Waals surface area contributed by atoms with Gasteiger partial charge in [0.1, 0.15) is 4.90 Å². The molecule has 0 saturated heterocycles. The number of benzene rings is 1. The number of anilines is 1. The maximum absolute atomic E-state index is 11.9. The zero-order valence-electron chi connectivity index (χ0n) is 9.26. The quantitative estimate of drug-likeness (QED) is 0.711. The lowest BCUT2D eigenvalue weighted by Crippen LogP contribution is -2.29. The molecule has 0 spiro atoms. The van der Waals surface area contributed by atoms with Crippen LogP contribution in [-0.4, -0.2) is 26.9 Å². The summed E-state index contributed by atoms with van der Waals surface area (Å²) in [5.41, 5.74) is 1.60. The fourth-order valence-corrected chi connectivity index (χ4v) is 3.79. The lowest BCUT2D eigenvalue weighted by molar-refractivity contribution is 0.597. The molecule has 1 aromatic carbocycles. The molecular weight excluding hydrogens is 244 g/mol. The zero-order valence-corrected chi connectivity index (χ0v) is 10.9. The number of nitrogens with zero attached hydrogens (tertiary/aromatic N) is 2. The molecule has 0 saturated carbocycles. The number of rotatable bonds is 0. The Labute approximate surface area is 99.4 Å². The van der Waals surface area contributed by atoms with Crippen LogP contribution in [0.2, 0.25) is 0 Å². The van der Waals surface area contributed by atoms with Crippen LogP contribution in [0.5, 0.6) is 0 Å². The number of hydrogen-bond donors (Lipinski definition) is 0. The molecule has 4 nitrogen and oxygen atoms in total. The maximum Gasteiger partial charge on any atom is 0.286 e. The van der Waals surface area contributed by atoms with Gasteiger partial charge in [-0.2, -0.15) is 8.42 Å². The van der Waals surface area contributed by atoms with Gasteiger partial charge in [-0.1, -0.05) is 17.8 Å². The van der Waals surface area contributed by atoms with Gasteiger partial charge in [-0.15, -0.1) is 4.40 Å². The molecule has 16 heavy (non-hydrogen) atoms. The molecule has 1 heterocycles. The van der Waals surface area contributed by atoms with Gasteiger partial charge in [-0.3, -0.25) is 0 Å². The fraction of sp³-hybridized carbons (Fsp3) is 0.300. The van der Waals surface area contributed by atoms with E-state index in [-0.39, 0.29) is 4.90 Å². The highest BCUT2D eigenvalue weighted by Gasteiger charge is 2.28. The third-order valence-corrected chi connectivity index (χ3v) is 4.56. The molecule has 6 heteroatoms. The van der Waals surface area contributed by atoms with E-state index in [1.807, 2.05) is 32.4 Å². The van der Waals surface area contributed by atoms with Crippen molar-refractivity contribution in [2.45, 2.75) is 11.8 Å². The van der Waals surface area contributed by atoms with Crippen molar-refractivity contribution < 1.29 is 8.42 Å². The van der Waals surface area contributed by atoms with E-state index in [1.165, 1.54) is 11.8 Å². The number of fused-ring (bicyclic) bond motifs is 1. The molecule has 1 aliphatic heterocycles. The molecular formula is C10H12N2O2S2. The van der Waals surface area contributed by atoms with Crippen LogP contribution in [0.3, 0.4) is 0 Å². The van der Waals surface area contributed by atoms with Crippen LogP contribution in [0.1, 0.15) is 5.56 Å². The van der Waals surface area contributed by atoms with Crippen molar-refractivity contribution in [3.05, 3.63) is 23.8 Å². The van der Waals surface area contributed by atoms with Crippen LogP contribution in [0, 0.1) is 6.92 Å². The Kier molecular flexibility index (Phi) is 2.71. The first-order valence-electron chi connectivity index (χ1n) is 4.69. The molecule has 0 aliphatic carbocycles. The molecule has 0 N–H and O–H groups in total. The molecule has 0 unspecified atom stereocenters. The third-order valence-electron chi connectivity index (χ3n) is 2.42. The van der Waals surface area contributed by atoms with Crippen LogP contribution in [-0.2, 0) is 10.0 Å². The normalized spacial score (nSPS) is 17.9. The number of amidine groups is 1. The molecule has 0 radical (unpaired) electrons. The average molecular weight is 256 g/mol. The predicted octanol–water partition coefficient (Wildman–Crippen LogP) is 1.85. The minimum Gasteiger partial charge on any atom is -0.322 e. The molecule has 86 valence electrons. The third kappa shape index (κ3) is 1.72. The van der Waals surface area contributed by atoms with Crippen molar-refractivity contribution >= 4 is 32.6 Å². The molecule has 1 aromatic rings.